The van der Waals surface area contributed by atoms with Gasteiger partial charge in [-0.3, -0.25) is 4.55 Å². The minimum absolute atomic E-state index is 2.00. The van der Waals surface area contributed by atoms with Crippen molar-refractivity contribution in [1.29, 1.82) is 0 Å². The van der Waals surface area contributed by atoms with E-state index in [4.69, 9.17) is 32.2 Å². The summed E-state index contributed by atoms with van der Waals surface area (Å²) in [5.74, 6) is 0. The average molecular weight is 305 g/mol. The molecule has 0 aromatic heterocycles. The van der Waals surface area contributed by atoms with Gasteiger partial charge in [0.2, 0.25) is 0 Å². The maximum Gasteiger partial charge on any atom is 0.668 e. The number of alkyl halides is 3. The highest BCUT2D eigenvalue weighted by atomic mass is 32.2. The molecular weight excluding hydrogens is 291 g/mol. The summed E-state index contributed by atoms with van der Waals surface area (Å²) in [5, 5.41) is 0. The molecule has 108 valence electrons. The van der Waals surface area contributed by atoms with E-state index in [1.807, 2.05) is 26.0 Å². The van der Waals surface area contributed by atoms with Crippen LogP contribution in [-0.4, -0.2) is 72.8 Å². The van der Waals surface area contributed by atoms with Crippen molar-refractivity contribution in [2.75, 3.05) is 21.1 Å². The lowest BCUT2D eigenvalue weighted by molar-refractivity contribution is -0.0510. The summed E-state index contributed by atoms with van der Waals surface area (Å²) in [7, 11) is -4.45. The first-order valence-corrected chi connectivity index (χ1v) is 6.75. The molecule has 0 rings (SSSR count). The molecule has 0 saturated heterocycles. The zero-order chi connectivity index (χ0) is 15.1. The molecule has 0 heterocycles. The van der Waals surface area contributed by atoms with Crippen molar-refractivity contribution < 1.29 is 45.3 Å². The Hall–Kier alpha value is -0.283. The third kappa shape index (κ3) is 38.9. The SMILES string of the molecule is CN(C)C.O=S(=O)(O)C(F)(F)F.O[Si](O)(O)O. The Balaban J connectivity index is -0.000000188. The molecule has 5 N–H and O–H groups in total. The summed E-state index contributed by atoms with van der Waals surface area (Å²) in [6.45, 7) is 0. The zero-order valence-corrected chi connectivity index (χ0v) is 10.9. The monoisotopic (exact) mass is 305 g/mol. The predicted molar refractivity (Wildman–Crippen MR) is 51.8 cm³/mol. The van der Waals surface area contributed by atoms with Gasteiger partial charge in [0.05, 0.1) is 0 Å². The fraction of sp³-hybridized carbons (Fsp3) is 1.00. The molecule has 0 saturated carbocycles. The minimum Gasteiger partial charge on any atom is -0.368 e. The second-order valence-electron chi connectivity index (χ2n) is 2.86. The van der Waals surface area contributed by atoms with Gasteiger partial charge < -0.3 is 24.1 Å². The van der Waals surface area contributed by atoms with Crippen molar-refractivity contribution in [3.63, 3.8) is 0 Å². The Morgan fingerprint density at radius 1 is 1.00 bits per heavy atom. The van der Waals surface area contributed by atoms with Crippen LogP contribution in [0.4, 0.5) is 13.2 Å². The Morgan fingerprint density at radius 2 is 1.06 bits per heavy atom. The Morgan fingerprint density at radius 3 is 1.06 bits per heavy atom. The molecule has 0 spiro atoms. The average Bonchev–Trinajstić information content (AvgIpc) is 1.73. The molecule has 0 aromatic rings. The largest absolute Gasteiger partial charge is 0.668 e. The fourth-order valence-corrected chi connectivity index (χ4v) is 0. The first-order valence-electron chi connectivity index (χ1n) is 3.52. The summed E-state index contributed by atoms with van der Waals surface area (Å²) in [6.07, 6.45) is 0. The Bertz CT molecular complexity index is 276. The number of hydrogen-bond donors (Lipinski definition) is 5. The normalized spacial score (nSPS) is 12.2. The van der Waals surface area contributed by atoms with Gasteiger partial charge in [-0.15, -0.1) is 0 Å². The first-order chi connectivity index (χ1) is 6.98. The fourth-order valence-electron chi connectivity index (χ4n) is 0. The molecular formula is C4H14F3NO7SSi. The van der Waals surface area contributed by atoms with Crippen LogP contribution >= 0.6 is 0 Å². The zero-order valence-electron chi connectivity index (χ0n) is 9.04. The molecule has 0 aliphatic rings. The van der Waals surface area contributed by atoms with Crippen LogP contribution in [-0.2, 0) is 10.1 Å². The van der Waals surface area contributed by atoms with E-state index in [0.29, 0.717) is 0 Å². The van der Waals surface area contributed by atoms with Crippen LogP contribution in [0.3, 0.4) is 0 Å². The van der Waals surface area contributed by atoms with Crippen molar-refractivity contribution in [3.05, 3.63) is 0 Å². The molecule has 0 amide bonds. The molecule has 0 bridgehead atoms. The van der Waals surface area contributed by atoms with Gasteiger partial charge in [-0.05, 0) is 21.1 Å². The second kappa shape index (κ2) is 7.93. The van der Waals surface area contributed by atoms with Crippen molar-refractivity contribution in [2.45, 2.75) is 5.51 Å². The number of nitrogens with zero attached hydrogens (tertiary/aromatic N) is 1. The minimum atomic E-state index is -5.84. The van der Waals surface area contributed by atoms with Crippen molar-refractivity contribution in [1.82, 2.24) is 4.90 Å². The van der Waals surface area contributed by atoms with E-state index in [-0.39, 0.29) is 0 Å². The molecule has 0 atom stereocenters. The number of hydrogen-bond acceptors (Lipinski definition) is 7. The van der Waals surface area contributed by atoms with Crippen LogP contribution in [0, 0.1) is 0 Å². The maximum absolute atomic E-state index is 10.7. The second-order valence-corrected chi connectivity index (χ2v) is 5.48. The number of rotatable bonds is 0. The van der Waals surface area contributed by atoms with Gasteiger partial charge in [0.15, 0.2) is 0 Å². The van der Waals surface area contributed by atoms with Gasteiger partial charge in [0.25, 0.3) is 0 Å². The van der Waals surface area contributed by atoms with E-state index in [2.05, 4.69) is 0 Å². The molecule has 13 heteroatoms. The summed E-state index contributed by atoms with van der Waals surface area (Å²) in [6, 6.07) is 0. The standard InChI is InChI=1S/C3H9N.CHF3O3S.H4O4Si/c1-4(2)3;2-1(3,4)8(5,6)7;1-5(2,3)4/h1-3H3;(H,5,6,7);1-4H. The lowest BCUT2D eigenvalue weighted by Crippen LogP contribution is -2.33. The maximum atomic E-state index is 10.7. The summed E-state index contributed by atoms with van der Waals surface area (Å²) < 4.78 is 57.5. The first kappa shape index (κ1) is 21.9. The summed E-state index contributed by atoms with van der Waals surface area (Å²) in [5.41, 5.74) is -5.53. The van der Waals surface area contributed by atoms with Crippen LogP contribution in [0.15, 0.2) is 0 Å². The highest BCUT2D eigenvalue weighted by Gasteiger charge is 2.44. The van der Waals surface area contributed by atoms with E-state index in [1.165, 1.54) is 0 Å². The van der Waals surface area contributed by atoms with E-state index < -0.39 is 24.7 Å². The van der Waals surface area contributed by atoms with E-state index >= 15 is 0 Å². The van der Waals surface area contributed by atoms with Gasteiger partial charge in [-0.2, -0.15) is 21.6 Å². The Kier molecular flexibility index (Phi) is 10.2. The molecule has 17 heavy (non-hydrogen) atoms. The van der Waals surface area contributed by atoms with Crippen LogP contribution in [0.1, 0.15) is 0 Å². The molecule has 0 aliphatic carbocycles. The predicted octanol–water partition coefficient (Wildman–Crippen LogP) is -2.04. The topological polar surface area (TPSA) is 139 Å². The van der Waals surface area contributed by atoms with Gasteiger partial charge in [0.1, 0.15) is 0 Å². The molecule has 8 nitrogen and oxygen atoms in total. The van der Waals surface area contributed by atoms with Gasteiger partial charge in [-0.25, -0.2) is 0 Å². The van der Waals surface area contributed by atoms with E-state index in [9.17, 15) is 13.2 Å². The van der Waals surface area contributed by atoms with Crippen LogP contribution in [0.2, 0.25) is 0 Å². The lowest BCUT2D eigenvalue weighted by atomic mass is 11.0. The molecule has 0 aromatic carbocycles. The van der Waals surface area contributed by atoms with Crippen LogP contribution < -0.4 is 0 Å². The summed E-state index contributed by atoms with van der Waals surface area (Å²) in [4.78, 5) is 31.3. The molecule has 0 aliphatic heterocycles. The van der Waals surface area contributed by atoms with Crippen molar-refractivity contribution in [3.8, 4) is 0 Å². The van der Waals surface area contributed by atoms with Crippen LogP contribution in [0.5, 0.6) is 0 Å². The van der Waals surface area contributed by atoms with Gasteiger partial charge in [0, 0.05) is 0 Å². The summed E-state index contributed by atoms with van der Waals surface area (Å²) >= 11 is 0. The lowest BCUT2D eigenvalue weighted by Gasteiger charge is -1.97. The molecule has 0 radical (unpaired) electrons. The van der Waals surface area contributed by atoms with Crippen molar-refractivity contribution in [2.24, 2.45) is 0 Å². The smallest absolute Gasteiger partial charge is 0.368 e. The van der Waals surface area contributed by atoms with Gasteiger partial charge in [-0.1, -0.05) is 0 Å². The quantitative estimate of drug-likeness (QED) is 0.196. The van der Waals surface area contributed by atoms with E-state index in [0.717, 1.165) is 0 Å². The Labute approximate surface area is 96.8 Å². The highest BCUT2D eigenvalue weighted by Crippen LogP contribution is 2.20. The molecule has 0 fully saturated rings. The van der Waals surface area contributed by atoms with Crippen molar-refractivity contribution >= 4 is 19.2 Å². The molecule has 0 unspecified atom stereocenters. The van der Waals surface area contributed by atoms with E-state index in [1.54, 1.807) is 0 Å². The highest BCUT2D eigenvalue weighted by molar-refractivity contribution is 7.86. The number of halogens is 3. The third-order valence-corrected chi connectivity index (χ3v) is 0.877. The third-order valence-electron chi connectivity index (χ3n) is 0.292. The van der Waals surface area contributed by atoms with Gasteiger partial charge >= 0.3 is 24.7 Å². The van der Waals surface area contributed by atoms with Crippen LogP contribution in [0.25, 0.3) is 0 Å².